The third-order valence-electron chi connectivity index (χ3n) is 5.55. The van der Waals surface area contributed by atoms with Gasteiger partial charge in [0.1, 0.15) is 4.83 Å². The van der Waals surface area contributed by atoms with E-state index in [0.29, 0.717) is 33.1 Å². The SMILES string of the molecule is Cc1c(C(=O)NCC2CCN(Cc3ccccc3Cl)CC2)sc2nc[nH]c(=O)c12. The van der Waals surface area contributed by atoms with Crippen LogP contribution >= 0.6 is 22.9 Å². The molecule has 8 heteroatoms. The molecule has 0 bridgehead atoms. The molecule has 1 amide bonds. The smallest absolute Gasteiger partial charge is 0.261 e. The Hall–Kier alpha value is -2.22. The average molecular weight is 431 g/mol. The number of carbonyl (C=O) groups is 1. The van der Waals surface area contributed by atoms with Crippen LogP contribution in [0.5, 0.6) is 0 Å². The number of halogens is 1. The van der Waals surface area contributed by atoms with Crippen LogP contribution in [0.3, 0.4) is 0 Å². The molecule has 2 N–H and O–H groups in total. The molecule has 2 aromatic heterocycles. The Bertz CT molecular complexity index is 1090. The number of aromatic nitrogens is 2. The maximum atomic E-state index is 12.7. The Kier molecular flexibility index (Phi) is 5.99. The van der Waals surface area contributed by atoms with Crippen molar-refractivity contribution in [2.24, 2.45) is 5.92 Å². The molecule has 0 radical (unpaired) electrons. The Morgan fingerprint density at radius 2 is 2.10 bits per heavy atom. The molecule has 0 aliphatic carbocycles. The zero-order valence-corrected chi connectivity index (χ0v) is 17.8. The average Bonchev–Trinajstić information content (AvgIpc) is 3.07. The number of likely N-dealkylation sites (tertiary alicyclic amines) is 1. The van der Waals surface area contributed by atoms with Gasteiger partial charge in [0.15, 0.2) is 0 Å². The Labute approximate surface area is 177 Å². The number of thiophene rings is 1. The van der Waals surface area contributed by atoms with Crippen molar-refractivity contribution in [2.45, 2.75) is 26.3 Å². The summed E-state index contributed by atoms with van der Waals surface area (Å²) in [7, 11) is 0. The summed E-state index contributed by atoms with van der Waals surface area (Å²) in [4.78, 5) is 35.0. The summed E-state index contributed by atoms with van der Waals surface area (Å²) in [5.74, 6) is 0.334. The predicted octanol–water partition coefficient (Wildman–Crippen LogP) is 3.59. The van der Waals surface area contributed by atoms with Gasteiger partial charge in [-0.15, -0.1) is 11.3 Å². The summed E-state index contributed by atoms with van der Waals surface area (Å²) < 4.78 is 0. The summed E-state index contributed by atoms with van der Waals surface area (Å²) >= 11 is 7.54. The molecule has 3 heterocycles. The number of nitrogens with zero attached hydrogens (tertiary/aromatic N) is 2. The van der Waals surface area contributed by atoms with Crippen LogP contribution in [0.4, 0.5) is 0 Å². The van der Waals surface area contributed by atoms with Crippen molar-refractivity contribution in [1.29, 1.82) is 0 Å². The first-order valence-corrected chi connectivity index (χ1v) is 10.9. The summed E-state index contributed by atoms with van der Waals surface area (Å²) in [5.41, 5.74) is 1.66. The maximum absolute atomic E-state index is 12.7. The van der Waals surface area contributed by atoms with Gasteiger partial charge in [-0.3, -0.25) is 14.5 Å². The monoisotopic (exact) mass is 430 g/mol. The molecule has 4 rings (SSSR count). The lowest BCUT2D eigenvalue weighted by atomic mass is 9.96. The van der Waals surface area contributed by atoms with Crippen LogP contribution in [0.15, 0.2) is 35.4 Å². The third kappa shape index (κ3) is 4.37. The van der Waals surface area contributed by atoms with Gasteiger partial charge in [0.05, 0.1) is 16.6 Å². The highest BCUT2D eigenvalue weighted by atomic mass is 35.5. The third-order valence-corrected chi connectivity index (χ3v) is 7.12. The Morgan fingerprint density at radius 3 is 2.83 bits per heavy atom. The summed E-state index contributed by atoms with van der Waals surface area (Å²) in [6, 6.07) is 7.97. The van der Waals surface area contributed by atoms with Crippen molar-refractivity contribution in [3.8, 4) is 0 Å². The van der Waals surface area contributed by atoms with Gasteiger partial charge in [-0.25, -0.2) is 4.98 Å². The normalized spacial score (nSPS) is 15.7. The van der Waals surface area contributed by atoms with Crippen molar-refractivity contribution in [2.75, 3.05) is 19.6 Å². The second kappa shape index (κ2) is 8.65. The minimum atomic E-state index is -0.200. The highest BCUT2D eigenvalue weighted by molar-refractivity contribution is 7.20. The Balaban J connectivity index is 1.31. The lowest BCUT2D eigenvalue weighted by molar-refractivity contribution is 0.0939. The van der Waals surface area contributed by atoms with Gasteiger partial charge >= 0.3 is 0 Å². The second-order valence-corrected chi connectivity index (χ2v) is 8.90. The molecule has 1 fully saturated rings. The van der Waals surface area contributed by atoms with E-state index in [4.69, 9.17) is 11.6 Å². The van der Waals surface area contributed by atoms with E-state index in [0.717, 1.165) is 43.1 Å². The van der Waals surface area contributed by atoms with Crippen molar-refractivity contribution >= 4 is 39.1 Å². The molecule has 29 heavy (non-hydrogen) atoms. The highest BCUT2D eigenvalue weighted by Gasteiger charge is 2.22. The number of aromatic amines is 1. The summed E-state index contributed by atoms with van der Waals surface area (Å²) in [5, 5.41) is 4.38. The first kappa shape index (κ1) is 20.1. The zero-order chi connectivity index (χ0) is 20.4. The van der Waals surface area contributed by atoms with Gasteiger partial charge in [-0.2, -0.15) is 0 Å². The van der Waals surface area contributed by atoms with E-state index >= 15 is 0 Å². The van der Waals surface area contributed by atoms with Crippen LogP contribution in [0.2, 0.25) is 5.02 Å². The van der Waals surface area contributed by atoms with Crippen molar-refractivity contribution in [1.82, 2.24) is 20.2 Å². The number of carbonyl (C=O) groups excluding carboxylic acids is 1. The number of amides is 1. The van der Waals surface area contributed by atoms with Gasteiger partial charge in [0.25, 0.3) is 11.5 Å². The number of aryl methyl sites for hydroxylation is 1. The minimum absolute atomic E-state index is 0.122. The fourth-order valence-corrected chi connectivity index (χ4v) is 5.09. The molecular weight excluding hydrogens is 408 g/mol. The molecule has 1 aliphatic heterocycles. The van der Waals surface area contributed by atoms with E-state index in [1.54, 1.807) is 6.92 Å². The molecule has 6 nitrogen and oxygen atoms in total. The lowest BCUT2D eigenvalue weighted by Gasteiger charge is -2.32. The van der Waals surface area contributed by atoms with E-state index in [1.807, 2.05) is 18.2 Å². The summed E-state index contributed by atoms with van der Waals surface area (Å²) in [6.07, 6.45) is 3.45. The molecule has 1 aromatic carbocycles. The van der Waals surface area contributed by atoms with E-state index in [1.165, 1.54) is 17.7 Å². The topological polar surface area (TPSA) is 78.1 Å². The fourth-order valence-electron chi connectivity index (χ4n) is 3.83. The van der Waals surface area contributed by atoms with E-state index in [-0.39, 0.29) is 11.5 Å². The molecular formula is C21H23ClN4O2S. The molecule has 0 atom stereocenters. The molecule has 0 saturated carbocycles. The van der Waals surface area contributed by atoms with Gasteiger partial charge in [0, 0.05) is 18.1 Å². The number of nitrogens with one attached hydrogen (secondary N) is 2. The van der Waals surface area contributed by atoms with Crippen LogP contribution in [-0.2, 0) is 6.54 Å². The lowest BCUT2D eigenvalue weighted by Crippen LogP contribution is -2.38. The van der Waals surface area contributed by atoms with Gasteiger partial charge in [0.2, 0.25) is 0 Å². The number of H-pyrrole nitrogens is 1. The molecule has 0 spiro atoms. The second-order valence-electron chi connectivity index (χ2n) is 7.49. The standard InChI is InChI=1S/C21H23ClN4O2S/c1-13-17-19(27)24-12-25-21(17)29-18(13)20(28)23-10-14-6-8-26(9-7-14)11-15-4-2-3-5-16(15)22/h2-5,12,14H,6-11H2,1H3,(H,23,28)(H,24,25,27). The quantitative estimate of drug-likeness (QED) is 0.648. The first-order valence-electron chi connectivity index (χ1n) is 9.73. The molecule has 3 aromatic rings. The predicted molar refractivity (Wildman–Crippen MR) is 117 cm³/mol. The van der Waals surface area contributed by atoms with Crippen LogP contribution < -0.4 is 10.9 Å². The molecule has 0 unspecified atom stereocenters. The van der Waals surface area contributed by atoms with Crippen LogP contribution in [0, 0.1) is 12.8 Å². The summed E-state index contributed by atoms with van der Waals surface area (Å²) in [6.45, 7) is 5.30. The van der Waals surface area contributed by atoms with Crippen LogP contribution in [0.25, 0.3) is 10.2 Å². The number of hydrogen-bond acceptors (Lipinski definition) is 5. The number of piperidine rings is 1. The van der Waals surface area contributed by atoms with Crippen molar-refractivity contribution in [3.63, 3.8) is 0 Å². The number of fused-ring (bicyclic) bond motifs is 1. The minimum Gasteiger partial charge on any atom is -0.351 e. The number of hydrogen-bond donors (Lipinski definition) is 2. The largest absolute Gasteiger partial charge is 0.351 e. The van der Waals surface area contributed by atoms with E-state index in [9.17, 15) is 9.59 Å². The fraction of sp³-hybridized carbons (Fsp3) is 0.381. The maximum Gasteiger partial charge on any atom is 0.261 e. The van der Waals surface area contributed by atoms with Gasteiger partial charge in [-0.05, 0) is 56.0 Å². The van der Waals surface area contributed by atoms with Gasteiger partial charge < -0.3 is 10.3 Å². The van der Waals surface area contributed by atoms with Crippen molar-refractivity contribution < 1.29 is 4.79 Å². The van der Waals surface area contributed by atoms with Crippen LogP contribution in [-0.4, -0.2) is 40.4 Å². The molecule has 1 saturated heterocycles. The van der Waals surface area contributed by atoms with E-state index in [2.05, 4.69) is 26.3 Å². The first-order chi connectivity index (χ1) is 14.0. The molecule has 152 valence electrons. The number of rotatable bonds is 5. The van der Waals surface area contributed by atoms with Crippen molar-refractivity contribution in [3.05, 3.63) is 62.0 Å². The van der Waals surface area contributed by atoms with Gasteiger partial charge in [-0.1, -0.05) is 29.8 Å². The molecule has 1 aliphatic rings. The number of benzene rings is 1. The highest BCUT2D eigenvalue weighted by Crippen LogP contribution is 2.27. The van der Waals surface area contributed by atoms with E-state index < -0.39 is 0 Å². The van der Waals surface area contributed by atoms with Crippen LogP contribution in [0.1, 0.15) is 33.6 Å². The Morgan fingerprint density at radius 1 is 1.34 bits per heavy atom. The zero-order valence-electron chi connectivity index (χ0n) is 16.2.